The van der Waals surface area contributed by atoms with Gasteiger partial charge in [0.2, 0.25) is 0 Å². The van der Waals surface area contributed by atoms with Crippen LogP contribution in [0.15, 0.2) is 41.7 Å². The van der Waals surface area contributed by atoms with Gasteiger partial charge in [0.25, 0.3) is 0 Å². The molecule has 0 bridgehead atoms. The van der Waals surface area contributed by atoms with Crippen molar-refractivity contribution in [1.29, 1.82) is 0 Å². The van der Waals surface area contributed by atoms with E-state index in [1.54, 1.807) is 12.4 Å². The average Bonchev–Trinajstić information content (AvgIpc) is 3.08. The van der Waals surface area contributed by atoms with E-state index in [-0.39, 0.29) is 0 Å². The van der Waals surface area contributed by atoms with Gasteiger partial charge in [-0.2, -0.15) is 5.10 Å². The molecule has 6 nitrogen and oxygen atoms in total. The Labute approximate surface area is 125 Å². The van der Waals surface area contributed by atoms with Crippen LogP contribution in [0, 0.1) is 0 Å². The van der Waals surface area contributed by atoms with E-state index in [9.17, 15) is 0 Å². The molecule has 0 spiro atoms. The van der Waals surface area contributed by atoms with E-state index >= 15 is 0 Å². The summed E-state index contributed by atoms with van der Waals surface area (Å²) >= 11 is 3.38. The zero-order valence-corrected chi connectivity index (χ0v) is 12.5. The number of aromatic nitrogens is 5. The summed E-state index contributed by atoms with van der Waals surface area (Å²) in [6, 6.07) is 1.94. The van der Waals surface area contributed by atoms with Crippen LogP contribution in [0.2, 0.25) is 0 Å². The maximum Gasteiger partial charge on any atom is 0.155 e. The molecule has 0 aliphatic carbocycles. The van der Waals surface area contributed by atoms with Gasteiger partial charge in [-0.3, -0.25) is 9.08 Å². The molecule has 3 aromatic heterocycles. The van der Waals surface area contributed by atoms with E-state index < -0.39 is 0 Å². The molecule has 0 saturated carbocycles. The van der Waals surface area contributed by atoms with Gasteiger partial charge in [0.1, 0.15) is 4.60 Å². The highest BCUT2D eigenvalue weighted by Gasteiger charge is 2.03. The Bertz CT molecular complexity index is 675. The summed E-state index contributed by atoms with van der Waals surface area (Å²) in [5.41, 5.74) is 1.99. The summed E-state index contributed by atoms with van der Waals surface area (Å²) in [6.45, 7) is 2.67. The monoisotopic (exact) mass is 334 g/mol. The molecular formula is C13H15BrN6. The van der Waals surface area contributed by atoms with E-state index in [1.165, 1.54) is 0 Å². The van der Waals surface area contributed by atoms with Crippen molar-refractivity contribution >= 4 is 21.6 Å². The zero-order valence-electron chi connectivity index (χ0n) is 10.9. The quantitative estimate of drug-likeness (QED) is 0.699. The highest BCUT2D eigenvalue weighted by Crippen LogP contribution is 2.10. The molecule has 0 radical (unpaired) electrons. The Morgan fingerprint density at radius 2 is 2.20 bits per heavy atom. The number of nitrogens with one attached hydrogen (secondary N) is 1. The SMILES string of the molecule is Brc1cn2c(CNCCCn3cccn3)cnc2cn1. The Morgan fingerprint density at radius 1 is 1.25 bits per heavy atom. The highest BCUT2D eigenvalue weighted by atomic mass is 79.9. The van der Waals surface area contributed by atoms with E-state index in [1.807, 2.05) is 33.7 Å². The molecule has 3 rings (SSSR count). The van der Waals surface area contributed by atoms with Gasteiger partial charge in [-0.05, 0) is 35.0 Å². The van der Waals surface area contributed by atoms with Crippen LogP contribution in [0.1, 0.15) is 12.1 Å². The van der Waals surface area contributed by atoms with E-state index in [0.717, 1.165) is 42.0 Å². The van der Waals surface area contributed by atoms with Gasteiger partial charge >= 0.3 is 0 Å². The topological polar surface area (TPSA) is 60.0 Å². The van der Waals surface area contributed by atoms with E-state index in [4.69, 9.17) is 0 Å². The van der Waals surface area contributed by atoms with Crippen molar-refractivity contribution in [2.24, 2.45) is 0 Å². The Morgan fingerprint density at radius 3 is 3.05 bits per heavy atom. The van der Waals surface area contributed by atoms with Gasteiger partial charge in [0.15, 0.2) is 5.65 Å². The van der Waals surface area contributed by atoms with Gasteiger partial charge in [-0.15, -0.1) is 0 Å². The molecule has 0 aliphatic heterocycles. The van der Waals surface area contributed by atoms with Crippen molar-refractivity contribution in [3.05, 3.63) is 47.3 Å². The van der Waals surface area contributed by atoms with Crippen LogP contribution in [-0.2, 0) is 13.1 Å². The Hall–Kier alpha value is -1.73. The number of nitrogens with zero attached hydrogens (tertiary/aromatic N) is 5. The number of halogens is 1. The molecule has 0 fully saturated rings. The third-order valence-corrected chi connectivity index (χ3v) is 3.46. The van der Waals surface area contributed by atoms with Crippen molar-refractivity contribution in [2.75, 3.05) is 6.54 Å². The van der Waals surface area contributed by atoms with Gasteiger partial charge in [0, 0.05) is 31.7 Å². The number of imidazole rings is 1. The predicted molar refractivity (Wildman–Crippen MR) is 79.2 cm³/mol. The van der Waals surface area contributed by atoms with Crippen molar-refractivity contribution in [3.63, 3.8) is 0 Å². The van der Waals surface area contributed by atoms with Gasteiger partial charge in [-0.25, -0.2) is 9.97 Å². The normalized spacial score (nSPS) is 11.2. The van der Waals surface area contributed by atoms with Crippen LogP contribution in [0.25, 0.3) is 5.65 Å². The number of aryl methyl sites for hydroxylation is 1. The first-order chi connectivity index (χ1) is 9.83. The molecule has 0 amide bonds. The Kier molecular flexibility index (Phi) is 4.08. The fourth-order valence-electron chi connectivity index (χ4n) is 2.06. The lowest BCUT2D eigenvalue weighted by atomic mass is 10.4. The summed E-state index contributed by atoms with van der Waals surface area (Å²) in [5.74, 6) is 0. The molecule has 20 heavy (non-hydrogen) atoms. The molecule has 0 saturated heterocycles. The van der Waals surface area contributed by atoms with Crippen LogP contribution < -0.4 is 5.32 Å². The minimum atomic E-state index is 0.788. The highest BCUT2D eigenvalue weighted by molar-refractivity contribution is 9.10. The maximum absolute atomic E-state index is 4.32. The van der Waals surface area contributed by atoms with Crippen LogP contribution in [0.4, 0.5) is 0 Å². The fourth-order valence-corrected chi connectivity index (χ4v) is 2.37. The minimum Gasteiger partial charge on any atom is -0.311 e. The summed E-state index contributed by atoms with van der Waals surface area (Å²) in [4.78, 5) is 8.49. The third kappa shape index (κ3) is 3.05. The second-order valence-corrected chi connectivity index (χ2v) is 5.30. The standard InChI is InChI=1S/C13H15BrN6/c14-12-10-20-11(8-17-13(20)9-16-12)7-15-3-1-5-19-6-2-4-18-19/h2,4,6,8-10,15H,1,3,5,7H2. The minimum absolute atomic E-state index is 0.788. The van der Waals surface area contributed by atoms with Crippen LogP contribution in [0.3, 0.4) is 0 Å². The largest absolute Gasteiger partial charge is 0.311 e. The fraction of sp³-hybridized carbons (Fsp3) is 0.308. The van der Waals surface area contributed by atoms with Crippen molar-refractivity contribution in [2.45, 2.75) is 19.5 Å². The lowest BCUT2D eigenvalue weighted by Gasteiger charge is -2.05. The number of rotatable bonds is 6. The number of hydrogen-bond donors (Lipinski definition) is 1. The summed E-state index contributed by atoms with van der Waals surface area (Å²) in [7, 11) is 0. The first-order valence-electron chi connectivity index (χ1n) is 6.48. The second kappa shape index (κ2) is 6.15. The molecule has 0 atom stereocenters. The molecule has 7 heteroatoms. The summed E-state index contributed by atoms with van der Waals surface area (Å²) in [6.07, 6.45) is 10.4. The second-order valence-electron chi connectivity index (χ2n) is 4.49. The molecule has 3 aromatic rings. The first-order valence-corrected chi connectivity index (χ1v) is 7.28. The summed E-state index contributed by atoms with van der Waals surface area (Å²) in [5, 5.41) is 7.60. The number of hydrogen-bond acceptors (Lipinski definition) is 4. The molecule has 104 valence electrons. The molecule has 0 aromatic carbocycles. The lowest BCUT2D eigenvalue weighted by molar-refractivity contribution is 0.540. The van der Waals surface area contributed by atoms with Crippen molar-refractivity contribution in [1.82, 2.24) is 29.5 Å². The Balaban J connectivity index is 1.51. The third-order valence-electron chi connectivity index (χ3n) is 3.05. The van der Waals surface area contributed by atoms with Gasteiger partial charge in [-0.1, -0.05) is 0 Å². The van der Waals surface area contributed by atoms with E-state index in [0.29, 0.717) is 0 Å². The summed E-state index contributed by atoms with van der Waals surface area (Å²) < 4.78 is 4.79. The molecule has 1 N–H and O–H groups in total. The molecule has 0 aliphatic rings. The van der Waals surface area contributed by atoms with Gasteiger partial charge in [0.05, 0.1) is 18.1 Å². The zero-order chi connectivity index (χ0) is 13.8. The molecule has 0 unspecified atom stereocenters. The lowest BCUT2D eigenvalue weighted by Crippen LogP contribution is -2.17. The van der Waals surface area contributed by atoms with Crippen LogP contribution in [-0.4, -0.2) is 30.7 Å². The predicted octanol–water partition coefficient (Wildman–Crippen LogP) is 1.87. The molecular weight excluding hydrogens is 320 g/mol. The molecule has 3 heterocycles. The van der Waals surface area contributed by atoms with Crippen molar-refractivity contribution in [3.8, 4) is 0 Å². The van der Waals surface area contributed by atoms with Crippen molar-refractivity contribution < 1.29 is 0 Å². The maximum atomic E-state index is 4.32. The smallest absolute Gasteiger partial charge is 0.155 e. The average molecular weight is 335 g/mol. The van der Waals surface area contributed by atoms with Crippen LogP contribution in [0.5, 0.6) is 0 Å². The van der Waals surface area contributed by atoms with Crippen LogP contribution >= 0.6 is 15.9 Å². The first kappa shape index (κ1) is 13.3. The van der Waals surface area contributed by atoms with E-state index in [2.05, 4.69) is 36.3 Å². The number of fused-ring (bicyclic) bond motifs is 1. The van der Waals surface area contributed by atoms with Gasteiger partial charge < -0.3 is 5.32 Å².